The SMILES string of the molecule is O=C(O)C1CCCN1C(=O)C1CCCN1C(=O)C1CCCN1C(=O)C1CCCN1C(=O)C1CCCN1S(=O)(=O)c1cc(O)c(O)c2c1CN(Cc1ccc(F)c(Cl)c1)C2=O. The molecule has 2 aromatic carbocycles. The average molecular weight is 873 g/mol. The first-order chi connectivity index (χ1) is 28.6. The molecule has 0 saturated carbocycles. The number of carboxylic acid groups (broad SMARTS) is 1. The Kier molecular flexibility index (Phi) is 11.2. The van der Waals surface area contributed by atoms with E-state index in [0.717, 1.165) is 16.4 Å². The van der Waals surface area contributed by atoms with Crippen molar-refractivity contribution in [3.63, 3.8) is 0 Å². The van der Waals surface area contributed by atoms with Crippen molar-refractivity contribution in [1.82, 2.24) is 28.8 Å². The van der Waals surface area contributed by atoms with E-state index in [4.69, 9.17) is 11.6 Å². The predicted molar refractivity (Wildman–Crippen MR) is 208 cm³/mol. The molecule has 60 heavy (non-hydrogen) atoms. The highest BCUT2D eigenvalue weighted by atomic mass is 35.5. The quantitative estimate of drug-likeness (QED) is 0.311. The molecule has 322 valence electrons. The number of likely N-dealkylation sites (tertiary alicyclic amines) is 4. The monoisotopic (exact) mass is 872 g/mol. The maximum atomic E-state index is 14.5. The normalized spacial score (nSPS) is 25.8. The minimum absolute atomic E-state index is 0.0730. The van der Waals surface area contributed by atoms with Gasteiger partial charge in [0.15, 0.2) is 11.5 Å². The molecule has 2 aromatic rings. The third kappa shape index (κ3) is 7.10. The lowest BCUT2D eigenvalue weighted by Crippen LogP contribution is -2.57. The number of hydrogen-bond donors (Lipinski definition) is 3. The Morgan fingerprint density at radius 3 is 1.68 bits per heavy atom. The number of sulfonamides is 1. The zero-order valence-electron chi connectivity index (χ0n) is 32.7. The maximum absolute atomic E-state index is 14.5. The van der Waals surface area contributed by atoms with E-state index < -0.39 is 104 Å². The van der Waals surface area contributed by atoms with Crippen molar-refractivity contribution < 1.29 is 56.9 Å². The molecule has 6 aliphatic heterocycles. The lowest BCUT2D eigenvalue weighted by Gasteiger charge is -2.36. The van der Waals surface area contributed by atoms with Gasteiger partial charge >= 0.3 is 5.97 Å². The Bertz CT molecular complexity index is 2280. The van der Waals surface area contributed by atoms with Gasteiger partial charge in [-0.15, -0.1) is 0 Å². The van der Waals surface area contributed by atoms with Gasteiger partial charge < -0.3 is 39.8 Å². The van der Waals surface area contributed by atoms with Gasteiger partial charge in [0.25, 0.3) is 5.91 Å². The van der Waals surface area contributed by atoms with Crippen molar-refractivity contribution in [2.45, 2.75) is 112 Å². The number of carboxylic acids is 1. The number of phenols is 2. The zero-order valence-corrected chi connectivity index (χ0v) is 34.2. The van der Waals surface area contributed by atoms with E-state index in [-0.39, 0.29) is 62.7 Å². The highest BCUT2D eigenvalue weighted by molar-refractivity contribution is 7.89. The number of aromatic hydroxyl groups is 2. The Balaban J connectivity index is 0.989. The summed E-state index contributed by atoms with van der Waals surface area (Å²) in [7, 11) is -4.61. The molecule has 20 heteroatoms. The summed E-state index contributed by atoms with van der Waals surface area (Å²) in [5, 5.41) is 30.9. The van der Waals surface area contributed by atoms with Gasteiger partial charge in [-0.3, -0.25) is 24.0 Å². The van der Waals surface area contributed by atoms with Gasteiger partial charge in [-0.25, -0.2) is 17.6 Å². The average Bonchev–Trinajstić information content (AvgIpc) is 4.08. The third-order valence-corrected chi connectivity index (χ3v) is 15.2. The van der Waals surface area contributed by atoms with Crippen LogP contribution in [-0.2, 0) is 47.1 Å². The zero-order chi connectivity index (χ0) is 42.8. The summed E-state index contributed by atoms with van der Waals surface area (Å²) in [6, 6.07) is -0.144. The van der Waals surface area contributed by atoms with Gasteiger partial charge in [-0.2, -0.15) is 4.31 Å². The molecule has 5 saturated heterocycles. The van der Waals surface area contributed by atoms with Gasteiger partial charge in [-0.1, -0.05) is 17.7 Å². The van der Waals surface area contributed by atoms with Crippen LogP contribution >= 0.6 is 11.6 Å². The number of benzene rings is 2. The van der Waals surface area contributed by atoms with Gasteiger partial charge in [-0.05, 0) is 81.9 Å². The lowest BCUT2D eigenvalue weighted by atomic mass is 10.1. The number of amides is 5. The second-order valence-electron chi connectivity index (χ2n) is 16.4. The molecule has 0 radical (unpaired) electrons. The Morgan fingerprint density at radius 1 is 0.700 bits per heavy atom. The van der Waals surface area contributed by atoms with Crippen molar-refractivity contribution in [3.05, 3.63) is 51.8 Å². The molecular weight excluding hydrogens is 827 g/mol. The highest BCUT2D eigenvalue weighted by Crippen LogP contribution is 2.43. The number of phenolic OH excluding ortho intramolecular Hbond substituents is 2. The van der Waals surface area contributed by atoms with E-state index in [0.29, 0.717) is 63.5 Å². The molecule has 3 N–H and O–H groups in total. The molecule has 5 atom stereocenters. The van der Waals surface area contributed by atoms with E-state index in [1.165, 1.54) is 36.6 Å². The van der Waals surface area contributed by atoms with Crippen molar-refractivity contribution >= 4 is 57.1 Å². The van der Waals surface area contributed by atoms with Crippen molar-refractivity contribution in [2.75, 3.05) is 32.7 Å². The molecule has 0 aromatic heterocycles. The Morgan fingerprint density at radius 2 is 1.17 bits per heavy atom. The first-order valence-electron chi connectivity index (χ1n) is 20.4. The van der Waals surface area contributed by atoms with Crippen LogP contribution in [0.4, 0.5) is 4.39 Å². The lowest BCUT2D eigenvalue weighted by molar-refractivity contribution is -0.154. The topological polar surface area (TPSA) is 217 Å². The molecule has 6 heterocycles. The van der Waals surface area contributed by atoms with Gasteiger partial charge in [0.2, 0.25) is 33.7 Å². The first-order valence-corrected chi connectivity index (χ1v) is 22.2. The summed E-state index contributed by atoms with van der Waals surface area (Å²) in [6.45, 7) is 0.518. The van der Waals surface area contributed by atoms with Crippen LogP contribution < -0.4 is 0 Å². The fourth-order valence-corrected chi connectivity index (χ4v) is 12.1. The number of aliphatic carboxylic acids is 1. The summed E-state index contributed by atoms with van der Waals surface area (Å²) in [5.41, 5.74) is -0.0534. The molecule has 8 rings (SSSR count). The fourth-order valence-electron chi connectivity index (χ4n) is 10.0. The largest absolute Gasteiger partial charge is 0.504 e. The molecule has 5 amide bonds. The number of hydrogen-bond acceptors (Lipinski definition) is 10. The van der Waals surface area contributed by atoms with E-state index in [9.17, 15) is 56.9 Å². The summed E-state index contributed by atoms with van der Waals surface area (Å²) >= 11 is 5.93. The minimum Gasteiger partial charge on any atom is -0.504 e. The van der Waals surface area contributed by atoms with Gasteiger partial charge in [0.1, 0.15) is 36.0 Å². The van der Waals surface area contributed by atoms with Crippen LogP contribution in [0, 0.1) is 5.82 Å². The number of rotatable bonds is 9. The van der Waals surface area contributed by atoms with Gasteiger partial charge in [0, 0.05) is 57.4 Å². The molecular formula is C40H46ClFN6O11S. The number of carbonyl (C=O) groups is 6. The van der Waals surface area contributed by atoms with E-state index in [1.54, 1.807) is 0 Å². The minimum atomic E-state index is -4.61. The molecule has 0 spiro atoms. The van der Waals surface area contributed by atoms with E-state index >= 15 is 0 Å². The smallest absolute Gasteiger partial charge is 0.326 e. The summed E-state index contributed by atoms with van der Waals surface area (Å²) in [4.78, 5) is 88.3. The second kappa shape index (κ2) is 16.1. The van der Waals surface area contributed by atoms with Crippen LogP contribution in [-0.4, -0.2) is 151 Å². The summed E-state index contributed by atoms with van der Waals surface area (Å²) in [6.07, 6.45) is 3.85. The second-order valence-corrected chi connectivity index (χ2v) is 18.6. The van der Waals surface area contributed by atoms with Gasteiger partial charge in [0.05, 0.1) is 15.5 Å². The summed E-state index contributed by atoms with van der Waals surface area (Å²) < 4.78 is 43.9. The molecule has 5 unspecified atom stereocenters. The Hall–Kier alpha value is -5.01. The van der Waals surface area contributed by atoms with Crippen LogP contribution in [0.2, 0.25) is 5.02 Å². The number of halogens is 2. The molecule has 17 nitrogen and oxygen atoms in total. The highest BCUT2D eigenvalue weighted by Gasteiger charge is 2.50. The molecule has 0 aliphatic carbocycles. The maximum Gasteiger partial charge on any atom is 0.326 e. The molecule has 5 fully saturated rings. The van der Waals surface area contributed by atoms with Crippen LogP contribution in [0.3, 0.4) is 0 Å². The first kappa shape index (κ1) is 41.7. The molecule has 6 aliphatic rings. The number of nitrogens with zero attached hydrogens (tertiary/aromatic N) is 6. The summed E-state index contributed by atoms with van der Waals surface area (Å²) in [5.74, 6) is -6.01. The van der Waals surface area contributed by atoms with Crippen molar-refractivity contribution in [3.8, 4) is 11.5 Å². The van der Waals surface area contributed by atoms with E-state index in [2.05, 4.69) is 0 Å². The van der Waals surface area contributed by atoms with Crippen LogP contribution in [0.15, 0.2) is 29.2 Å². The Labute approximate surface area is 350 Å². The van der Waals surface area contributed by atoms with E-state index in [1.807, 2.05) is 0 Å². The predicted octanol–water partition coefficient (Wildman–Crippen LogP) is 2.25. The van der Waals surface area contributed by atoms with Crippen LogP contribution in [0.5, 0.6) is 11.5 Å². The third-order valence-electron chi connectivity index (χ3n) is 12.9. The van der Waals surface area contributed by atoms with Crippen LogP contribution in [0.1, 0.15) is 85.7 Å². The standard InChI is InChI=1S/C40H46ClFN6O11S/c41-24-18-22(11-12-25(24)42)20-43-21-23-32(19-31(49)34(50)33(23)39(43)55)60(58,59)48-17-5-9-29(48)38(54)46-15-3-7-27(46)36(52)44-13-1-6-26(44)35(51)45-14-2-8-28(45)37(53)47-16-4-10-30(47)40(56)57/h11-12,18-19,26-30,49-50H,1-10,13-17,20-21H2,(H,56,57). The number of fused-ring (bicyclic) bond motifs is 1. The molecule has 0 bridgehead atoms. The van der Waals surface area contributed by atoms with Crippen molar-refractivity contribution in [2.24, 2.45) is 0 Å². The van der Waals surface area contributed by atoms with Crippen LogP contribution in [0.25, 0.3) is 0 Å². The number of carbonyl (C=O) groups excluding carboxylic acids is 5. The van der Waals surface area contributed by atoms with Crippen molar-refractivity contribution in [1.29, 1.82) is 0 Å². The fraction of sp³-hybridized carbons (Fsp3) is 0.550.